The fraction of sp³-hybridized carbons (Fsp3) is 0.889. The topological polar surface area (TPSA) is 69.2 Å². The van der Waals surface area contributed by atoms with Crippen molar-refractivity contribution in [3.63, 3.8) is 0 Å². The first kappa shape index (κ1) is 19.8. The van der Waals surface area contributed by atoms with Crippen LogP contribution in [0.4, 0.5) is 4.79 Å². The van der Waals surface area contributed by atoms with E-state index in [1.165, 1.54) is 32.5 Å². The van der Waals surface area contributed by atoms with Gasteiger partial charge in [-0.05, 0) is 52.6 Å². The van der Waals surface area contributed by atoms with Crippen molar-refractivity contribution in [3.05, 3.63) is 0 Å². The lowest BCUT2D eigenvalue weighted by Crippen LogP contribution is -2.63. The van der Waals surface area contributed by atoms with Crippen molar-refractivity contribution in [3.8, 4) is 0 Å². The second-order valence-electron chi connectivity index (χ2n) is 8.14. The smallest absolute Gasteiger partial charge is 0.410 e. The van der Waals surface area contributed by atoms with Crippen LogP contribution in [0, 0.1) is 5.92 Å². The lowest BCUT2D eigenvalue weighted by Gasteiger charge is -2.40. The van der Waals surface area contributed by atoms with Crippen LogP contribution in [0.2, 0.25) is 0 Å². The fourth-order valence-corrected chi connectivity index (χ4v) is 3.27. The fourth-order valence-electron chi connectivity index (χ4n) is 3.27. The first-order valence-electron chi connectivity index (χ1n) is 9.48. The van der Waals surface area contributed by atoms with Gasteiger partial charge in [0, 0.05) is 33.2 Å². The molecule has 1 atom stereocenters. The Hall–Kier alpha value is -1.50. The van der Waals surface area contributed by atoms with Crippen LogP contribution in [0.3, 0.4) is 0 Å². The van der Waals surface area contributed by atoms with Gasteiger partial charge < -0.3 is 25.2 Å². The van der Waals surface area contributed by atoms with Crippen LogP contribution < -0.4 is 10.6 Å². The summed E-state index contributed by atoms with van der Waals surface area (Å²) in [6.45, 7) is 13.7. The standard InChI is InChI=1S/C18H35N5O2/c1-6-8-22-9-7-14(11-22)10-20-16(19-5)21-15-12-23(13-15)17(24)25-18(2,3)4/h14-15H,6-13H2,1-5H3,(H2,19,20,21). The molecule has 1 amide bonds. The number of rotatable bonds is 5. The highest BCUT2D eigenvalue weighted by atomic mass is 16.6. The molecule has 2 fully saturated rings. The number of ether oxygens (including phenoxy) is 1. The first-order valence-corrected chi connectivity index (χ1v) is 9.48. The molecular weight excluding hydrogens is 318 g/mol. The number of amides is 1. The molecule has 25 heavy (non-hydrogen) atoms. The van der Waals surface area contributed by atoms with Crippen LogP contribution in [-0.2, 0) is 4.74 Å². The van der Waals surface area contributed by atoms with E-state index in [0.717, 1.165) is 12.5 Å². The molecule has 7 heteroatoms. The average Bonchev–Trinajstić information content (AvgIpc) is 2.91. The molecule has 0 radical (unpaired) electrons. The van der Waals surface area contributed by atoms with E-state index in [2.05, 4.69) is 27.4 Å². The van der Waals surface area contributed by atoms with Crippen LogP contribution in [0.15, 0.2) is 4.99 Å². The van der Waals surface area contributed by atoms with E-state index < -0.39 is 5.60 Å². The van der Waals surface area contributed by atoms with Crippen molar-refractivity contribution in [1.29, 1.82) is 0 Å². The Kier molecular flexibility index (Phi) is 6.93. The Morgan fingerprint density at radius 1 is 1.28 bits per heavy atom. The van der Waals surface area contributed by atoms with Gasteiger partial charge in [-0.25, -0.2) is 4.79 Å². The zero-order valence-electron chi connectivity index (χ0n) is 16.5. The van der Waals surface area contributed by atoms with Crippen molar-refractivity contribution in [2.75, 3.05) is 46.3 Å². The van der Waals surface area contributed by atoms with E-state index in [1.807, 2.05) is 20.8 Å². The van der Waals surface area contributed by atoms with Gasteiger partial charge in [0.2, 0.25) is 0 Å². The molecule has 1 unspecified atom stereocenters. The molecule has 0 spiro atoms. The van der Waals surface area contributed by atoms with Gasteiger partial charge in [0.15, 0.2) is 5.96 Å². The number of guanidine groups is 1. The SMILES string of the molecule is CCCN1CCC(CNC(=NC)NC2CN(C(=O)OC(C)(C)C)C2)C1. The lowest BCUT2D eigenvalue weighted by atomic mass is 10.1. The normalized spacial score (nSPS) is 22.7. The van der Waals surface area contributed by atoms with Crippen molar-refractivity contribution in [1.82, 2.24) is 20.4 Å². The summed E-state index contributed by atoms with van der Waals surface area (Å²) >= 11 is 0. The van der Waals surface area contributed by atoms with Crippen LogP contribution in [-0.4, -0.2) is 79.8 Å². The van der Waals surface area contributed by atoms with E-state index in [-0.39, 0.29) is 12.1 Å². The van der Waals surface area contributed by atoms with Gasteiger partial charge in [-0.2, -0.15) is 0 Å². The van der Waals surface area contributed by atoms with Crippen molar-refractivity contribution >= 4 is 12.1 Å². The summed E-state index contributed by atoms with van der Waals surface area (Å²) in [4.78, 5) is 20.5. The molecule has 2 rings (SSSR count). The first-order chi connectivity index (χ1) is 11.8. The maximum atomic E-state index is 12.0. The number of hydrogen-bond acceptors (Lipinski definition) is 4. The van der Waals surface area contributed by atoms with Crippen LogP contribution in [0.1, 0.15) is 40.5 Å². The maximum Gasteiger partial charge on any atom is 0.410 e. The van der Waals surface area contributed by atoms with Gasteiger partial charge in [-0.15, -0.1) is 0 Å². The molecule has 0 aromatic carbocycles. The number of aliphatic imine (C=N–C) groups is 1. The minimum Gasteiger partial charge on any atom is -0.444 e. The third kappa shape index (κ3) is 6.38. The van der Waals surface area contributed by atoms with Gasteiger partial charge in [-0.1, -0.05) is 6.92 Å². The second-order valence-corrected chi connectivity index (χ2v) is 8.14. The van der Waals surface area contributed by atoms with Crippen molar-refractivity contribution < 1.29 is 9.53 Å². The quantitative estimate of drug-likeness (QED) is 0.579. The van der Waals surface area contributed by atoms with Crippen molar-refractivity contribution in [2.45, 2.75) is 52.2 Å². The Bertz CT molecular complexity index is 469. The molecule has 2 heterocycles. The van der Waals surface area contributed by atoms with Crippen LogP contribution >= 0.6 is 0 Å². The third-order valence-corrected chi connectivity index (χ3v) is 4.57. The molecule has 0 bridgehead atoms. The number of likely N-dealkylation sites (tertiary alicyclic amines) is 2. The molecule has 0 aliphatic carbocycles. The second kappa shape index (κ2) is 8.74. The number of nitrogens with one attached hydrogen (secondary N) is 2. The largest absolute Gasteiger partial charge is 0.444 e. The summed E-state index contributed by atoms with van der Waals surface area (Å²) in [7, 11) is 1.79. The van der Waals surface area contributed by atoms with Gasteiger partial charge in [0.25, 0.3) is 0 Å². The molecule has 2 N–H and O–H groups in total. The molecule has 144 valence electrons. The highest BCUT2D eigenvalue weighted by molar-refractivity contribution is 5.80. The highest BCUT2D eigenvalue weighted by Crippen LogP contribution is 2.16. The minimum absolute atomic E-state index is 0.235. The molecule has 0 aromatic rings. The Morgan fingerprint density at radius 2 is 2.00 bits per heavy atom. The molecule has 7 nitrogen and oxygen atoms in total. The number of carbonyl (C=O) groups excluding carboxylic acids is 1. The molecule has 0 aromatic heterocycles. The van der Waals surface area contributed by atoms with Crippen LogP contribution in [0.25, 0.3) is 0 Å². The predicted molar refractivity (Wildman–Crippen MR) is 101 cm³/mol. The van der Waals surface area contributed by atoms with Crippen molar-refractivity contribution in [2.24, 2.45) is 10.9 Å². The average molecular weight is 354 g/mol. The van der Waals surface area contributed by atoms with Gasteiger partial charge in [-0.3, -0.25) is 4.99 Å². The molecule has 2 aliphatic heterocycles. The number of nitrogens with zero attached hydrogens (tertiary/aromatic N) is 3. The summed E-state index contributed by atoms with van der Waals surface area (Å²) in [5, 5.41) is 6.82. The maximum absolute atomic E-state index is 12.0. The number of carbonyl (C=O) groups is 1. The minimum atomic E-state index is -0.444. The van der Waals surface area contributed by atoms with E-state index >= 15 is 0 Å². The molecule has 2 saturated heterocycles. The van der Waals surface area contributed by atoms with E-state index in [0.29, 0.717) is 19.0 Å². The molecule has 0 saturated carbocycles. The van der Waals surface area contributed by atoms with E-state index in [9.17, 15) is 4.79 Å². The Morgan fingerprint density at radius 3 is 2.60 bits per heavy atom. The van der Waals surface area contributed by atoms with E-state index in [4.69, 9.17) is 4.74 Å². The summed E-state index contributed by atoms with van der Waals surface area (Å²) in [5.74, 6) is 1.51. The zero-order chi connectivity index (χ0) is 18.4. The summed E-state index contributed by atoms with van der Waals surface area (Å²) < 4.78 is 5.37. The van der Waals surface area contributed by atoms with Gasteiger partial charge in [0.05, 0.1) is 6.04 Å². The van der Waals surface area contributed by atoms with Gasteiger partial charge in [0.1, 0.15) is 5.60 Å². The lowest BCUT2D eigenvalue weighted by molar-refractivity contribution is 0.00701. The van der Waals surface area contributed by atoms with Gasteiger partial charge >= 0.3 is 6.09 Å². The Labute approximate surface area is 152 Å². The summed E-state index contributed by atoms with van der Waals surface area (Å²) in [6, 6.07) is 0.235. The summed E-state index contributed by atoms with van der Waals surface area (Å²) in [5.41, 5.74) is -0.444. The van der Waals surface area contributed by atoms with Crippen LogP contribution in [0.5, 0.6) is 0 Å². The predicted octanol–water partition coefficient (Wildman–Crippen LogP) is 1.50. The summed E-state index contributed by atoms with van der Waals surface area (Å²) in [6.07, 6.45) is 2.23. The third-order valence-electron chi connectivity index (χ3n) is 4.57. The number of hydrogen-bond donors (Lipinski definition) is 2. The molecular formula is C18H35N5O2. The zero-order valence-corrected chi connectivity index (χ0v) is 16.5. The highest BCUT2D eigenvalue weighted by Gasteiger charge is 2.34. The Balaban J connectivity index is 1.64. The monoisotopic (exact) mass is 353 g/mol. The molecule has 2 aliphatic rings. The van der Waals surface area contributed by atoms with E-state index in [1.54, 1.807) is 11.9 Å².